The van der Waals surface area contributed by atoms with Crippen molar-refractivity contribution in [3.05, 3.63) is 63.4 Å². The summed E-state index contributed by atoms with van der Waals surface area (Å²) in [6.07, 6.45) is 0. The van der Waals surface area contributed by atoms with Crippen molar-refractivity contribution in [3.8, 4) is 6.07 Å². The molecule has 0 aliphatic rings. The molecule has 2 nitrogen and oxygen atoms in total. The Bertz CT molecular complexity index is 647. The van der Waals surface area contributed by atoms with Gasteiger partial charge in [0.05, 0.1) is 11.3 Å². The van der Waals surface area contributed by atoms with E-state index in [1.165, 1.54) is 12.1 Å². The van der Waals surface area contributed by atoms with E-state index in [-0.39, 0.29) is 5.82 Å². The fourth-order valence-corrected chi connectivity index (χ4v) is 2.22. The van der Waals surface area contributed by atoms with Gasteiger partial charge in [0.2, 0.25) is 0 Å². The number of hydrogen-bond acceptors (Lipinski definition) is 2. The lowest BCUT2D eigenvalue weighted by Crippen LogP contribution is -2.03. The number of aryl methyl sites for hydroxylation is 1. The average molecular weight is 319 g/mol. The molecule has 0 heterocycles. The van der Waals surface area contributed by atoms with E-state index in [0.29, 0.717) is 12.1 Å². The van der Waals surface area contributed by atoms with E-state index in [1.54, 1.807) is 6.07 Å². The lowest BCUT2D eigenvalue weighted by molar-refractivity contribution is 0.625. The molecule has 2 rings (SSSR count). The Hall–Kier alpha value is -1.86. The summed E-state index contributed by atoms with van der Waals surface area (Å²) in [4.78, 5) is 0. The van der Waals surface area contributed by atoms with E-state index < -0.39 is 0 Å². The van der Waals surface area contributed by atoms with Crippen LogP contribution in [-0.2, 0) is 6.54 Å². The molecule has 0 fully saturated rings. The molecule has 0 aromatic heterocycles. The largest absolute Gasteiger partial charge is 0.380 e. The number of nitriles is 1. The number of anilines is 1. The zero-order valence-electron chi connectivity index (χ0n) is 10.4. The number of halogens is 2. The van der Waals surface area contributed by atoms with Crippen molar-refractivity contribution in [2.45, 2.75) is 13.5 Å². The number of hydrogen-bond donors (Lipinski definition) is 1. The summed E-state index contributed by atoms with van der Waals surface area (Å²) >= 11 is 3.38. The van der Waals surface area contributed by atoms with Crippen molar-refractivity contribution in [1.82, 2.24) is 0 Å². The van der Waals surface area contributed by atoms with Crippen molar-refractivity contribution >= 4 is 21.6 Å². The van der Waals surface area contributed by atoms with Gasteiger partial charge in [-0.05, 0) is 42.3 Å². The van der Waals surface area contributed by atoms with Gasteiger partial charge in [0, 0.05) is 11.0 Å². The van der Waals surface area contributed by atoms with Crippen molar-refractivity contribution in [1.29, 1.82) is 5.26 Å². The van der Waals surface area contributed by atoms with E-state index in [9.17, 15) is 4.39 Å². The molecule has 0 saturated heterocycles. The van der Waals surface area contributed by atoms with Crippen LogP contribution in [0.1, 0.15) is 16.7 Å². The monoisotopic (exact) mass is 318 g/mol. The van der Waals surface area contributed by atoms with Gasteiger partial charge in [-0.3, -0.25) is 0 Å². The van der Waals surface area contributed by atoms with Crippen LogP contribution in [0.5, 0.6) is 0 Å². The summed E-state index contributed by atoms with van der Waals surface area (Å²) in [6, 6.07) is 12.4. The average Bonchev–Trinajstić information content (AvgIpc) is 2.40. The Morgan fingerprint density at radius 2 is 2.11 bits per heavy atom. The standard InChI is InChI=1S/C15H12BrFN2/c1-10-3-2-4-15(13(10)8-18)19-9-11-7-12(17)5-6-14(11)16/h2-7,19H,9H2,1H3. The lowest BCUT2D eigenvalue weighted by atomic mass is 10.1. The van der Waals surface area contributed by atoms with Crippen molar-refractivity contribution in [2.75, 3.05) is 5.32 Å². The first kappa shape index (κ1) is 13.6. The third kappa shape index (κ3) is 3.12. The van der Waals surface area contributed by atoms with E-state index in [2.05, 4.69) is 27.3 Å². The molecule has 0 aliphatic carbocycles. The number of rotatable bonds is 3. The van der Waals surface area contributed by atoms with E-state index in [0.717, 1.165) is 21.3 Å². The van der Waals surface area contributed by atoms with Gasteiger partial charge in [-0.2, -0.15) is 5.26 Å². The Morgan fingerprint density at radius 3 is 2.84 bits per heavy atom. The third-order valence-corrected chi connectivity index (χ3v) is 3.64. The first-order valence-corrected chi connectivity index (χ1v) is 6.58. The molecule has 0 saturated carbocycles. The van der Waals surface area contributed by atoms with Crippen LogP contribution < -0.4 is 5.32 Å². The Balaban J connectivity index is 2.22. The SMILES string of the molecule is Cc1cccc(NCc2cc(F)ccc2Br)c1C#N. The van der Waals surface area contributed by atoms with E-state index in [1.807, 2.05) is 25.1 Å². The van der Waals surface area contributed by atoms with Crippen LogP contribution in [0.2, 0.25) is 0 Å². The summed E-state index contributed by atoms with van der Waals surface area (Å²) in [5.41, 5.74) is 3.12. The molecule has 4 heteroatoms. The van der Waals surface area contributed by atoms with Gasteiger partial charge in [-0.25, -0.2) is 4.39 Å². The van der Waals surface area contributed by atoms with Crippen LogP contribution in [0.25, 0.3) is 0 Å². The van der Waals surface area contributed by atoms with Crippen molar-refractivity contribution in [2.24, 2.45) is 0 Å². The zero-order chi connectivity index (χ0) is 13.8. The highest BCUT2D eigenvalue weighted by atomic mass is 79.9. The van der Waals surface area contributed by atoms with Crippen LogP contribution in [0.3, 0.4) is 0 Å². The van der Waals surface area contributed by atoms with Crippen molar-refractivity contribution < 1.29 is 4.39 Å². The normalized spacial score (nSPS) is 10.0. The molecule has 0 unspecified atom stereocenters. The molecule has 0 aliphatic heterocycles. The second-order valence-corrected chi connectivity index (χ2v) is 5.05. The molecule has 0 radical (unpaired) electrons. The summed E-state index contributed by atoms with van der Waals surface area (Å²) in [6.45, 7) is 2.35. The summed E-state index contributed by atoms with van der Waals surface area (Å²) < 4.78 is 14.0. The predicted octanol–water partition coefficient (Wildman–Crippen LogP) is 4.38. The van der Waals surface area contributed by atoms with Crippen LogP contribution in [0, 0.1) is 24.1 Å². The molecule has 0 atom stereocenters. The zero-order valence-corrected chi connectivity index (χ0v) is 12.0. The van der Waals surface area contributed by atoms with Gasteiger partial charge >= 0.3 is 0 Å². The molecule has 2 aromatic rings. The summed E-state index contributed by atoms with van der Waals surface area (Å²) in [5, 5.41) is 12.3. The fourth-order valence-electron chi connectivity index (χ4n) is 1.83. The van der Waals surface area contributed by atoms with Crippen LogP contribution in [0.4, 0.5) is 10.1 Å². The maximum atomic E-state index is 13.2. The minimum Gasteiger partial charge on any atom is -0.380 e. The topological polar surface area (TPSA) is 35.8 Å². The first-order valence-electron chi connectivity index (χ1n) is 5.79. The van der Waals surface area contributed by atoms with Crippen LogP contribution in [0.15, 0.2) is 40.9 Å². The fraction of sp³-hybridized carbons (Fsp3) is 0.133. The van der Waals surface area contributed by atoms with Gasteiger partial charge in [0.15, 0.2) is 0 Å². The first-order chi connectivity index (χ1) is 9.11. The Labute approximate surface area is 120 Å². The molecule has 2 aromatic carbocycles. The molecular weight excluding hydrogens is 307 g/mol. The van der Waals surface area contributed by atoms with Crippen molar-refractivity contribution in [3.63, 3.8) is 0 Å². The molecule has 0 bridgehead atoms. The quantitative estimate of drug-likeness (QED) is 0.911. The third-order valence-electron chi connectivity index (χ3n) is 2.86. The smallest absolute Gasteiger partial charge is 0.123 e. The van der Waals surface area contributed by atoms with Crippen LogP contribution in [-0.4, -0.2) is 0 Å². The highest BCUT2D eigenvalue weighted by molar-refractivity contribution is 9.10. The highest BCUT2D eigenvalue weighted by Crippen LogP contribution is 2.22. The second-order valence-electron chi connectivity index (χ2n) is 4.20. The Morgan fingerprint density at radius 1 is 1.32 bits per heavy atom. The predicted molar refractivity (Wildman–Crippen MR) is 77.3 cm³/mol. The molecule has 1 N–H and O–H groups in total. The van der Waals surface area contributed by atoms with E-state index in [4.69, 9.17) is 5.26 Å². The number of nitrogens with zero attached hydrogens (tertiary/aromatic N) is 1. The molecule has 0 spiro atoms. The molecule has 96 valence electrons. The van der Waals surface area contributed by atoms with E-state index >= 15 is 0 Å². The highest BCUT2D eigenvalue weighted by Gasteiger charge is 2.06. The summed E-state index contributed by atoms with van der Waals surface area (Å²) in [7, 11) is 0. The van der Waals surface area contributed by atoms with Gasteiger partial charge in [-0.1, -0.05) is 28.1 Å². The minimum atomic E-state index is -0.273. The number of benzene rings is 2. The van der Waals surface area contributed by atoms with Crippen LogP contribution >= 0.6 is 15.9 Å². The molecular formula is C15H12BrFN2. The second kappa shape index (κ2) is 5.85. The molecule has 19 heavy (non-hydrogen) atoms. The maximum Gasteiger partial charge on any atom is 0.123 e. The van der Waals surface area contributed by atoms with Gasteiger partial charge in [0.1, 0.15) is 11.9 Å². The van der Waals surface area contributed by atoms with Gasteiger partial charge < -0.3 is 5.32 Å². The number of nitrogens with one attached hydrogen (secondary N) is 1. The van der Waals surface area contributed by atoms with Gasteiger partial charge in [0.25, 0.3) is 0 Å². The van der Waals surface area contributed by atoms with Gasteiger partial charge in [-0.15, -0.1) is 0 Å². The maximum absolute atomic E-state index is 13.2. The minimum absolute atomic E-state index is 0.273. The molecule has 0 amide bonds. The summed E-state index contributed by atoms with van der Waals surface area (Å²) in [5.74, 6) is -0.273. The Kier molecular flexibility index (Phi) is 4.18. The lowest BCUT2D eigenvalue weighted by Gasteiger charge is -2.11.